The molecule has 0 bridgehead atoms. The largest absolute Gasteiger partial charge is 0.342 e. The van der Waals surface area contributed by atoms with Crippen LogP contribution in [0.25, 0.3) is 0 Å². The smallest absolute Gasteiger partial charge is 0.225 e. The Labute approximate surface area is 86.8 Å². The maximum atomic E-state index is 11.6. The molecule has 0 atom stereocenters. The summed E-state index contributed by atoms with van der Waals surface area (Å²) in [5.41, 5.74) is 0. The molecule has 0 unspecified atom stereocenters. The van der Waals surface area contributed by atoms with E-state index in [-0.39, 0.29) is 0 Å². The topological polar surface area (TPSA) is 20.3 Å². The third-order valence-electron chi connectivity index (χ3n) is 2.66. The molecule has 1 saturated carbocycles. The van der Waals surface area contributed by atoms with E-state index >= 15 is 0 Å². The van der Waals surface area contributed by atoms with E-state index in [9.17, 15) is 4.79 Å². The molecule has 0 aromatic rings. The SMILES string of the molecule is O=C(C1CC1)N1CCC(I)CC1. The molecular formula is C9H14INO. The third kappa shape index (κ3) is 1.92. The molecule has 2 aliphatic rings. The fourth-order valence-corrected chi connectivity index (χ4v) is 2.21. The van der Waals surface area contributed by atoms with Crippen LogP contribution < -0.4 is 0 Å². The van der Waals surface area contributed by atoms with Crippen molar-refractivity contribution in [2.45, 2.75) is 29.6 Å². The quantitative estimate of drug-likeness (QED) is 0.529. The minimum absolute atomic E-state index is 0.413. The van der Waals surface area contributed by atoms with Gasteiger partial charge in [0.25, 0.3) is 0 Å². The molecule has 1 amide bonds. The van der Waals surface area contributed by atoms with Gasteiger partial charge < -0.3 is 4.90 Å². The number of likely N-dealkylation sites (tertiary alicyclic amines) is 1. The number of nitrogens with zero attached hydrogens (tertiary/aromatic N) is 1. The van der Waals surface area contributed by atoms with Crippen molar-refractivity contribution in [3.8, 4) is 0 Å². The van der Waals surface area contributed by atoms with Gasteiger partial charge in [0.15, 0.2) is 0 Å². The fourth-order valence-electron chi connectivity index (χ4n) is 1.66. The Bertz CT molecular complexity index is 183. The highest BCUT2D eigenvalue weighted by molar-refractivity contribution is 14.1. The fraction of sp³-hybridized carbons (Fsp3) is 0.889. The van der Waals surface area contributed by atoms with Crippen LogP contribution in [0.4, 0.5) is 0 Å². The van der Waals surface area contributed by atoms with Gasteiger partial charge >= 0.3 is 0 Å². The Kier molecular flexibility index (Phi) is 2.57. The van der Waals surface area contributed by atoms with Gasteiger partial charge in [0.05, 0.1) is 0 Å². The predicted molar refractivity (Wildman–Crippen MR) is 56.3 cm³/mol. The number of piperidine rings is 1. The van der Waals surface area contributed by atoms with Gasteiger partial charge in [-0.15, -0.1) is 0 Å². The molecule has 1 aliphatic heterocycles. The summed E-state index contributed by atoms with van der Waals surface area (Å²) in [4.78, 5) is 13.7. The molecule has 1 heterocycles. The van der Waals surface area contributed by atoms with Gasteiger partial charge in [-0.2, -0.15) is 0 Å². The summed E-state index contributed by atoms with van der Waals surface area (Å²) >= 11 is 2.49. The van der Waals surface area contributed by atoms with Crippen molar-refractivity contribution in [2.24, 2.45) is 5.92 Å². The number of hydrogen-bond acceptors (Lipinski definition) is 1. The zero-order valence-corrected chi connectivity index (χ0v) is 9.29. The Morgan fingerprint density at radius 2 is 1.75 bits per heavy atom. The molecule has 0 radical (unpaired) electrons. The van der Waals surface area contributed by atoms with Gasteiger partial charge in [-0.05, 0) is 25.7 Å². The summed E-state index contributed by atoms with van der Waals surface area (Å²) in [6.07, 6.45) is 4.67. The van der Waals surface area contributed by atoms with Gasteiger partial charge in [-0.3, -0.25) is 4.79 Å². The van der Waals surface area contributed by atoms with Crippen LogP contribution >= 0.6 is 22.6 Å². The zero-order chi connectivity index (χ0) is 8.55. The van der Waals surface area contributed by atoms with Crippen molar-refractivity contribution in [3.63, 3.8) is 0 Å². The van der Waals surface area contributed by atoms with E-state index in [4.69, 9.17) is 0 Å². The number of carbonyl (C=O) groups excluding carboxylic acids is 1. The lowest BCUT2D eigenvalue weighted by atomic mass is 10.1. The Morgan fingerprint density at radius 1 is 1.17 bits per heavy atom. The van der Waals surface area contributed by atoms with E-state index < -0.39 is 0 Å². The van der Waals surface area contributed by atoms with Crippen molar-refractivity contribution in [1.29, 1.82) is 0 Å². The second-order valence-corrected chi connectivity index (χ2v) is 5.54. The van der Waals surface area contributed by atoms with Crippen LogP contribution in [-0.2, 0) is 4.79 Å². The molecule has 0 aromatic heterocycles. The minimum Gasteiger partial charge on any atom is -0.342 e. The first-order chi connectivity index (χ1) is 5.77. The van der Waals surface area contributed by atoms with Gasteiger partial charge in [0.2, 0.25) is 5.91 Å². The minimum atomic E-state index is 0.413. The third-order valence-corrected chi connectivity index (χ3v) is 3.91. The van der Waals surface area contributed by atoms with Gasteiger partial charge in [0, 0.05) is 22.9 Å². The van der Waals surface area contributed by atoms with Crippen LogP contribution in [0.5, 0.6) is 0 Å². The van der Waals surface area contributed by atoms with Gasteiger partial charge in [-0.1, -0.05) is 22.6 Å². The molecule has 12 heavy (non-hydrogen) atoms. The highest BCUT2D eigenvalue weighted by Crippen LogP contribution is 2.32. The number of hydrogen-bond donors (Lipinski definition) is 0. The van der Waals surface area contributed by atoms with Crippen molar-refractivity contribution >= 4 is 28.5 Å². The first kappa shape index (κ1) is 8.78. The molecule has 1 saturated heterocycles. The summed E-state index contributed by atoms with van der Waals surface area (Å²) in [7, 11) is 0. The van der Waals surface area contributed by atoms with E-state index in [1.54, 1.807) is 0 Å². The Hall–Kier alpha value is 0.200. The number of halogens is 1. The van der Waals surface area contributed by atoms with Crippen molar-refractivity contribution in [2.75, 3.05) is 13.1 Å². The molecule has 3 heteroatoms. The van der Waals surface area contributed by atoms with E-state index in [0.717, 1.165) is 29.9 Å². The summed E-state index contributed by atoms with van der Waals surface area (Å²) in [6.45, 7) is 2.01. The van der Waals surface area contributed by atoms with E-state index in [1.165, 1.54) is 12.8 Å². The molecule has 0 aromatic carbocycles. The highest BCUT2D eigenvalue weighted by Gasteiger charge is 2.34. The number of alkyl halides is 1. The van der Waals surface area contributed by atoms with Crippen LogP contribution in [0.2, 0.25) is 0 Å². The Balaban J connectivity index is 1.84. The molecule has 2 rings (SSSR count). The molecule has 68 valence electrons. The highest BCUT2D eigenvalue weighted by atomic mass is 127. The maximum Gasteiger partial charge on any atom is 0.225 e. The van der Waals surface area contributed by atoms with Crippen molar-refractivity contribution in [1.82, 2.24) is 4.90 Å². The lowest BCUT2D eigenvalue weighted by molar-refractivity contribution is -0.133. The molecule has 2 nitrogen and oxygen atoms in total. The van der Waals surface area contributed by atoms with Gasteiger partial charge in [-0.25, -0.2) is 0 Å². The summed E-state index contributed by atoms with van der Waals surface area (Å²) in [6, 6.07) is 0. The lowest BCUT2D eigenvalue weighted by Gasteiger charge is -2.29. The number of carbonyl (C=O) groups is 1. The summed E-state index contributed by atoms with van der Waals surface area (Å²) in [5.74, 6) is 0.842. The first-order valence-corrected chi connectivity index (χ1v) is 5.95. The molecule has 1 aliphatic carbocycles. The van der Waals surface area contributed by atoms with Gasteiger partial charge in [0.1, 0.15) is 0 Å². The monoisotopic (exact) mass is 279 g/mol. The van der Waals surface area contributed by atoms with E-state index in [0.29, 0.717) is 11.8 Å². The van der Waals surface area contributed by atoms with Crippen molar-refractivity contribution < 1.29 is 4.79 Å². The van der Waals surface area contributed by atoms with Crippen LogP contribution in [0, 0.1) is 5.92 Å². The average Bonchev–Trinajstić information content (AvgIpc) is 2.87. The predicted octanol–water partition coefficient (Wildman–Crippen LogP) is 1.82. The average molecular weight is 279 g/mol. The van der Waals surface area contributed by atoms with Crippen LogP contribution in [0.15, 0.2) is 0 Å². The second-order valence-electron chi connectivity index (χ2n) is 3.77. The standard InChI is InChI=1S/C9H14INO/c10-8-3-5-11(6-4-8)9(12)7-1-2-7/h7-8H,1-6H2. The zero-order valence-electron chi connectivity index (χ0n) is 7.13. The number of amides is 1. The molecular weight excluding hydrogens is 265 g/mol. The second kappa shape index (κ2) is 3.52. The lowest BCUT2D eigenvalue weighted by Crippen LogP contribution is -2.39. The first-order valence-electron chi connectivity index (χ1n) is 4.70. The normalized spacial score (nSPS) is 25.9. The van der Waals surface area contributed by atoms with E-state index in [1.807, 2.05) is 0 Å². The Morgan fingerprint density at radius 3 is 2.25 bits per heavy atom. The molecule has 0 N–H and O–H groups in total. The summed E-state index contributed by atoms with van der Waals surface area (Å²) in [5, 5.41) is 0. The molecule has 0 spiro atoms. The van der Waals surface area contributed by atoms with Crippen LogP contribution in [-0.4, -0.2) is 27.8 Å². The summed E-state index contributed by atoms with van der Waals surface area (Å²) < 4.78 is 0.797. The maximum absolute atomic E-state index is 11.6. The number of rotatable bonds is 1. The van der Waals surface area contributed by atoms with Crippen molar-refractivity contribution in [3.05, 3.63) is 0 Å². The molecule has 2 fully saturated rings. The van der Waals surface area contributed by atoms with Crippen LogP contribution in [0.3, 0.4) is 0 Å². The van der Waals surface area contributed by atoms with E-state index in [2.05, 4.69) is 27.5 Å². The van der Waals surface area contributed by atoms with Crippen LogP contribution in [0.1, 0.15) is 25.7 Å².